The molecule has 5 nitrogen and oxygen atoms in total. The van der Waals surface area contributed by atoms with Gasteiger partial charge in [0.1, 0.15) is 6.33 Å². The monoisotopic (exact) mass is 402 g/mol. The highest BCUT2D eigenvalue weighted by Crippen LogP contribution is 2.34. The van der Waals surface area contributed by atoms with Crippen LogP contribution in [0.1, 0.15) is 11.1 Å². The lowest BCUT2D eigenvalue weighted by Crippen LogP contribution is -2.30. The van der Waals surface area contributed by atoms with Crippen LogP contribution in [0.2, 0.25) is 0 Å². The fourth-order valence-corrected chi connectivity index (χ4v) is 2.88. The molecule has 0 unspecified atom stereocenters. The first-order chi connectivity index (χ1) is 13.8. The highest BCUT2D eigenvalue weighted by Gasteiger charge is 2.32. The second kappa shape index (κ2) is 8.48. The van der Waals surface area contributed by atoms with Crippen molar-refractivity contribution in [1.82, 2.24) is 19.8 Å². The van der Waals surface area contributed by atoms with E-state index in [1.54, 1.807) is 4.57 Å². The fraction of sp³-hybridized carbons (Fsp3) is 0.238. The SMILES string of the molecule is CN(C)CCNC(=O)C=Cc1cc(C(F)(F)F)cc2ncn(-c3ccccc3)c12. The number of alkyl halides is 3. The molecule has 0 spiro atoms. The maximum absolute atomic E-state index is 13.3. The van der Waals surface area contributed by atoms with E-state index in [2.05, 4.69) is 10.3 Å². The number of aromatic nitrogens is 2. The van der Waals surface area contributed by atoms with E-state index in [0.29, 0.717) is 18.6 Å². The summed E-state index contributed by atoms with van der Waals surface area (Å²) in [6.07, 6.45) is -0.396. The average Bonchev–Trinajstić information content (AvgIpc) is 3.10. The standard InChI is InChI=1S/C21H21F3N4O/c1-27(2)11-10-25-19(29)9-8-15-12-16(21(22,23)24)13-18-20(15)28(14-26-18)17-6-4-3-5-7-17/h3-9,12-14H,10-11H2,1-2H3,(H,25,29). The molecule has 1 aromatic heterocycles. The Morgan fingerprint density at radius 3 is 2.59 bits per heavy atom. The second-order valence-corrected chi connectivity index (χ2v) is 6.81. The summed E-state index contributed by atoms with van der Waals surface area (Å²) in [5.74, 6) is -0.372. The van der Waals surface area contributed by atoms with Gasteiger partial charge in [-0.1, -0.05) is 18.2 Å². The highest BCUT2D eigenvalue weighted by molar-refractivity contribution is 5.95. The summed E-state index contributed by atoms with van der Waals surface area (Å²) in [5.41, 5.74) is 0.924. The molecule has 0 aliphatic rings. The first-order valence-corrected chi connectivity index (χ1v) is 9.00. The molecule has 8 heteroatoms. The van der Waals surface area contributed by atoms with E-state index in [4.69, 9.17) is 0 Å². The number of rotatable bonds is 6. The van der Waals surface area contributed by atoms with Gasteiger partial charge in [-0.25, -0.2) is 4.98 Å². The van der Waals surface area contributed by atoms with E-state index < -0.39 is 11.7 Å². The maximum Gasteiger partial charge on any atom is 0.416 e. The zero-order valence-electron chi connectivity index (χ0n) is 16.1. The minimum absolute atomic E-state index is 0.205. The molecule has 0 saturated heterocycles. The van der Waals surface area contributed by atoms with Crippen molar-refractivity contribution in [3.63, 3.8) is 0 Å². The first kappa shape index (κ1) is 20.6. The Kier molecular flexibility index (Phi) is 6.03. The third kappa shape index (κ3) is 5.03. The number of likely N-dealkylation sites (N-methyl/N-ethyl adjacent to an activating group) is 1. The molecule has 1 amide bonds. The van der Waals surface area contributed by atoms with E-state index in [1.807, 2.05) is 49.3 Å². The van der Waals surface area contributed by atoms with Crippen LogP contribution in [0.15, 0.2) is 54.9 Å². The van der Waals surface area contributed by atoms with Gasteiger partial charge in [-0.05, 0) is 44.4 Å². The van der Waals surface area contributed by atoms with Gasteiger partial charge in [0.05, 0.1) is 16.6 Å². The number of hydrogen-bond donors (Lipinski definition) is 1. The van der Waals surface area contributed by atoms with Crippen molar-refractivity contribution in [3.05, 3.63) is 66.0 Å². The van der Waals surface area contributed by atoms with Crippen molar-refractivity contribution in [2.75, 3.05) is 27.2 Å². The predicted octanol–water partition coefficient (Wildman–Crippen LogP) is 3.74. The first-order valence-electron chi connectivity index (χ1n) is 9.00. The molecule has 0 saturated carbocycles. The number of halogens is 3. The molecular weight excluding hydrogens is 381 g/mol. The summed E-state index contributed by atoms with van der Waals surface area (Å²) in [7, 11) is 3.76. The molecule has 0 aliphatic carbocycles. The predicted molar refractivity (Wildman–Crippen MR) is 107 cm³/mol. The lowest BCUT2D eigenvalue weighted by molar-refractivity contribution is -0.137. The third-order valence-corrected chi connectivity index (χ3v) is 4.31. The van der Waals surface area contributed by atoms with Gasteiger partial charge in [0.2, 0.25) is 5.91 Å². The molecule has 0 bridgehead atoms. The number of nitrogens with one attached hydrogen (secondary N) is 1. The van der Waals surface area contributed by atoms with Crippen LogP contribution in [-0.4, -0.2) is 47.5 Å². The zero-order valence-corrected chi connectivity index (χ0v) is 16.1. The van der Waals surface area contributed by atoms with Crippen molar-refractivity contribution in [3.8, 4) is 5.69 Å². The van der Waals surface area contributed by atoms with Crippen molar-refractivity contribution < 1.29 is 18.0 Å². The van der Waals surface area contributed by atoms with Crippen LogP contribution in [0.25, 0.3) is 22.8 Å². The summed E-state index contributed by atoms with van der Waals surface area (Å²) in [6, 6.07) is 11.2. The van der Waals surface area contributed by atoms with E-state index >= 15 is 0 Å². The van der Waals surface area contributed by atoms with E-state index in [0.717, 1.165) is 17.8 Å². The van der Waals surface area contributed by atoms with Gasteiger partial charge in [-0.15, -0.1) is 0 Å². The number of nitrogens with zero attached hydrogens (tertiary/aromatic N) is 3. The quantitative estimate of drug-likeness (QED) is 0.639. The molecule has 0 atom stereocenters. The number of para-hydroxylation sites is 1. The lowest BCUT2D eigenvalue weighted by Gasteiger charge is -2.11. The summed E-state index contributed by atoms with van der Waals surface area (Å²) < 4.78 is 41.7. The van der Waals surface area contributed by atoms with E-state index in [-0.39, 0.29) is 17.0 Å². The maximum atomic E-state index is 13.3. The molecule has 0 aliphatic heterocycles. The molecule has 1 N–H and O–H groups in total. The molecule has 2 aromatic carbocycles. The Morgan fingerprint density at radius 2 is 1.93 bits per heavy atom. The Labute approximate surface area is 166 Å². The van der Waals surface area contributed by atoms with Crippen LogP contribution in [-0.2, 0) is 11.0 Å². The van der Waals surface area contributed by atoms with Gasteiger partial charge in [0.25, 0.3) is 0 Å². The number of hydrogen-bond acceptors (Lipinski definition) is 3. The Balaban J connectivity index is 2.02. The molecule has 29 heavy (non-hydrogen) atoms. The lowest BCUT2D eigenvalue weighted by atomic mass is 10.1. The highest BCUT2D eigenvalue weighted by atomic mass is 19.4. The van der Waals surface area contributed by atoms with Crippen LogP contribution >= 0.6 is 0 Å². The topological polar surface area (TPSA) is 50.2 Å². The second-order valence-electron chi connectivity index (χ2n) is 6.81. The van der Waals surface area contributed by atoms with Gasteiger partial charge in [-0.2, -0.15) is 13.2 Å². The molecule has 3 rings (SSSR count). The van der Waals surface area contributed by atoms with Crippen molar-refractivity contribution in [2.24, 2.45) is 0 Å². The molecule has 1 heterocycles. The minimum atomic E-state index is -4.51. The Hall–Kier alpha value is -3.13. The largest absolute Gasteiger partial charge is 0.416 e. The number of carbonyl (C=O) groups excluding carboxylic acids is 1. The smallest absolute Gasteiger partial charge is 0.351 e. The zero-order chi connectivity index (χ0) is 21.0. The average molecular weight is 402 g/mol. The summed E-state index contributed by atoms with van der Waals surface area (Å²) in [4.78, 5) is 18.1. The van der Waals surface area contributed by atoms with Crippen molar-refractivity contribution >= 4 is 23.0 Å². The van der Waals surface area contributed by atoms with Gasteiger partial charge in [-0.3, -0.25) is 9.36 Å². The van der Waals surface area contributed by atoms with Crippen LogP contribution in [0, 0.1) is 0 Å². The number of benzene rings is 2. The van der Waals surface area contributed by atoms with Crippen molar-refractivity contribution in [2.45, 2.75) is 6.18 Å². The summed E-state index contributed by atoms with van der Waals surface area (Å²) >= 11 is 0. The molecule has 0 radical (unpaired) electrons. The molecule has 0 fully saturated rings. The molecule has 3 aromatic rings. The van der Waals surface area contributed by atoms with Gasteiger partial charge < -0.3 is 10.2 Å². The van der Waals surface area contributed by atoms with Gasteiger partial charge in [0, 0.05) is 30.4 Å². The van der Waals surface area contributed by atoms with Gasteiger partial charge >= 0.3 is 6.18 Å². The normalized spacial score (nSPS) is 12.2. The van der Waals surface area contributed by atoms with Crippen LogP contribution in [0.5, 0.6) is 0 Å². The Bertz CT molecular complexity index is 1020. The van der Waals surface area contributed by atoms with Crippen molar-refractivity contribution in [1.29, 1.82) is 0 Å². The summed E-state index contributed by atoms with van der Waals surface area (Å²) in [6.45, 7) is 1.10. The summed E-state index contributed by atoms with van der Waals surface area (Å²) in [5, 5.41) is 2.71. The molecule has 152 valence electrons. The van der Waals surface area contributed by atoms with E-state index in [1.165, 1.54) is 18.5 Å². The minimum Gasteiger partial charge on any atom is -0.351 e. The van der Waals surface area contributed by atoms with E-state index in [9.17, 15) is 18.0 Å². The number of fused-ring (bicyclic) bond motifs is 1. The third-order valence-electron chi connectivity index (χ3n) is 4.31. The van der Waals surface area contributed by atoms with Gasteiger partial charge in [0.15, 0.2) is 0 Å². The molecular formula is C21H21F3N4O. The van der Waals surface area contributed by atoms with Crippen LogP contribution < -0.4 is 5.32 Å². The number of amides is 1. The van der Waals surface area contributed by atoms with Crippen LogP contribution in [0.3, 0.4) is 0 Å². The van der Waals surface area contributed by atoms with Crippen LogP contribution in [0.4, 0.5) is 13.2 Å². The fourth-order valence-electron chi connectivity index (χ4n) is 2.88. The number of imidazole rings is 1. The number of carbonyl (C=O) groups is 1. The Morgan fingerprint density at radius 1 is 1.21 bits per heavy atom.